The van der Waals surface area contributed by atoms with E-state index in [1.54, 1.807) is 11.8 Å². The van der Waals surface area contributed by atoms with Gasteiger partial charge in [-0.2, -0.15) is 0 Å². The number of nitrogens with one attached hydrogen (secondary N) is 1. The van der Waals surface area contributed by atoms with Gasteiger partial charge in [0, 0.05) is 24.2 Å². The molecule has 1 unspecified atom stereocenters. The van der Waals surface area contributed by atoms with Crippen molar-refractivity contribution in [3.05, 3.63) is 29.8 Å². The molecule has 1 aromatic rings. The van der Waals surface area contributed by atoms with E-state index in [1.807, 2.05) is 0 Å². The standard InChI is InChI=1S/C14H21NOS/c1-15-14(12-7-9-16-10-8-12)11-3-5-13(17-2)6-4-11/h3-6,12,14-15H,7-10H2,1-2H3. The summed E-state index contributed by atoms with van der Waals surface area (Å²) in [6, 6.07) is 9.40. The zero-order valence-electron chi connectivity index (χ0n) is 10.6. The highest BCUT2D eigenvalue weighted by molar-refractivity contribution is 7.98. The summed E-state index contributed by atoms with van der Waals surface area (Å²) in [5, 5.41) is 3.46. The molecule has 1 saturated heterocycles. The highest BCUT2D eigenvalue weighted by Crippen LogP contribution is 2.30. The molecular formula is C14H21NOS. The molecule has 0 aromatic heterocycles. The van der Waals surface area contributed by atoms with Crippen LogP contribution in [0.5, 0.6) is 0 Å². The van der Waals surface area contributed by atoms with E-state index in [1.165, 1.54) is 10.5 Å². The normalized spacial score (nSPS) is 19.2. The summed E-state index contributed by atoms with van der Waals surface area (Å²) in [7, 11) is 2.06. The van der Waals surface area contributed by atoms with Crippen LogP contribution < -0.4 is 5.32 Å². The van der Waals surface area contributed by atoms with Crippen molar-refractivity contribution < 1.29 is 4.74 Å². The fourth-order valence-electron chi connectivity index (χ4n) is 2.53. The molecule has 1 atom stereocenters. The highest BCUT2D eigenvalue weighted by Gasteiger charge is 2.23. The Bertz CT molecular complexity index is 333. The van der Waals surface area contributed by atoms with E-state index in [0.29, 0.717) is 12.0 Å². The fourth-order valence-corrected chi connectivity index (χ4v) is 2.94. The second kappa shape index (κ2) is 6.43. The Morgan fingerprint density at radius 3 is 2.41 bits per heavy atom. The van der Waals surface area contributed by atoms with Crippen molar-refractivity contribution >= 4 is 11.8 Å². The summed E-state index contributed by atoms with van der Waals surface area (Å²) in [4.78, 5) is 1.33. The lowest BCUT2D eigenvalue weighted by Crippen LogP contribution is -2.29. The predicted octanol–water partition coefficient (Wildman–Crippen LogP) is 3.10. The Hall–Kier alpha value is -0.510. The van der Waals surface area contributed by atoms with Gasteiger partial charge < -0.3 is 10.1 Å². The Kier molecular flexibility index (Phi) is 4.89. The third-order valence-corrected chi connectivity index (χ3v) is 4.27. The third-order valence-electron chi connectivity index (χ3n) is 3.52. The topological polar surface area (TPSA) is 21.3 Å². The maximum absolute atomic E-state index is 5.44. The highest BCUT2D eigenvalue weighted by atomic mass is 32.2. The SMILES string of the molecule is CNC(c1ccc(SC)cc1)C1CCOCC1. The van der Waals surface area contributed by atoms with Gasteiger partial charge in [0.15, 0.2) is 0 Å². The van der Waals surface area contributed by atoms with E-state index in [4.69, 9.17) is 4.74 Å². The van der Waals surface area contributed by atoms with Crippen molar-refractivity contribution in [2.75, 3.05) is 26.5 Å². The molecule has 0 amide bonds. The van der Waals surface area contributed by atoms with Crippen LogP contribution in [-0.2, 0) is 4.74 Å². The molecule has 0 saturated carbocycles. The van der Waals surface area contributed by atoms with Crippen molar-refractivity contribution in [1.29, 1.82) is 0 Å². The molecule has 1 N–H and O–H groups in total. The largest absolute Gasteiger partial charge is 0.381 e. The van der Waals surface area contributed by atoms with Crippen molar-refractivity contribution in [2.45, 2.75) is 23.8 Å². The van der Waals surface area contributed by atoms with Crippen LogP contribution in [0.3, 0.4) is 0 Å². The number of hydrogen-bond donors (Lipinski definition) is 1. The van der Waals surface area contributed by atoms with E-state index >= 15 is 0 Å². The number of ether oxygens (including phenoxy) is 1. The number of hydrogen-bond acceptors (Lipinski definition) is 3. The second-order valence-corrected chi connectivity index (χ2v) is 5.37. The number of thioether (sulfide) groups is 1. The summed E-state index contributed by atoms with van der Waals surface area (Å²) in [6.45, 7) is 1.82. The fraction of sp³-hybridized carbons (Fsp3) is 0.571. The first-order valence-corrected chi connectivity index (χ1v) is 7.46. The molecule has 1 aromatic carbocycles. The maximum Gasteiger partial charge on any atom is 0.0469 e. The summed E-state index contributed by atoms with van der Waals surface area (Å²) >= 11 is 1.79. The van der Waals surface area contributed by atoms with E-state index in [2.05, 4.69) is 42.9 Å². The van der Waals surface area contributed by atoms with Crippen LogP contribution in [0, 0.1) is 5.92 Å². The zero-order valence-corrected chi connectivity index (χ0v) is 11.4. The van der Waals surface area contributed by atoms with Crippen LogP contribution in [-0.4, -0.2) is 26.5 Å². The van der Waals surface area contributed by atoms with Gasteiger partial charge in [0.2, 0.25) is 0 Å². The van der Waals surface area contributed by atoms with Gasteiger partial charge in [-0.25, -0.2) is 0 Å². The first-order chi connectivity index (χ1) is 8.35. The first-order valence-electron chi connectivity index (χ1n) is 6.24. The Labute approximate surface area is 108 Å². The smallest absolute Gasteiger partial charge is 0.0469 e. The Morgan fingerprint density at radius 1 is 1.24 bits per heavy atom. The van der Waals surface area contributed by atoms with Crippen molar-refractivity contribution in [2.24, 2.45) is 5.92 Å². The van der Waals surface area contributed by atoms with E-state index < -0.39 is 0 Å². The van der Waals surface area contributed by atoms with Gasteiger partial charge in [0.1, 0.15) is 0 Å². The molecule has 2 rings (SSSR count). The summed E-state index contributed by atoms with van der Waals surface area (Å²) in [5.41, 5.74) is 1.40. The predicted molar refractivity (Wildman–Crippen MR) is 73.6 cm³/mol. The second-order valence-electron chi connectivity index (χ2n) is 4.49. The molecule has 0 aliphatic carbocycles. The summed E-state index contributed by atoms with van der Waals surface area (Å²) in [6.07, 6.45) is 4.44. The molecule has 0 spiro atoms. The number of rotatable bonds is 4. The van der Waals surface area contributed by atoms with E-state index in [-0.39, 0.29) is 0 Å². The molecule has 1 aliphatic heterocycles. The van der Waals surface area contributed by atoms with Crippen LogP contribution in [0.15, 0.2) is 29.2 Å². The van der Waals surface area contributed by atoms with E-state index in [0.717, 1.165) is 26.1 Å². The quantitative estimate of drug-likeness (QED) is 0.831. The maximum atomic E-state index is 5.44. The molecule has 94 valence electrons. The van der Waals surface area contributed by atoms with Gasteiger partial charge in [0.05, 0.1) is 0 Å². The van der Waals surface area contributed by atoms with Crippen LogP contribution in [0.4, 0.5) is 0 Å². The molecule has 1 heterocycles. The lowest BCUT2D eigenvalue weighted by atomic mass is 9.87. The lowest BCUT2D eigenvalue weighted by Gasteiger charge is -2.30. The minimum Gasteiger partial charge on any atom is -0.381 e. The summed E-state index contributed by atoms with van der Waals surface area (Å²) in [5.74, 6) is 0.703. The first kappa shape index (κ1) is 12.9. The number of benzene rings is 1. The monoisotopic (exact) mass is 251 g/mol. The molecule has 3 heteroatoms. The molecule has 2 nitrogen and oxygen atoms in total. The molecule has 1 fully saturated rings. The van der Waals surface area contributed by atoms with Gasteiger partial charge in [-0.05, 0) is 49.8 Å². The van der Waals surface area contributed by atoms with Crippen LogP contribution >= 0.6 is 11.8 Å². The van der Waals surface area contributed by atoms with Crippen LogP contribution in [0.25, 0.3) is 0 Å². The minimum absolute atomic E-state index is 0.467. The molecule has 0 radical (unpaired) electrons. The Balaban J connectivity index is 2.10. The molecular weight excluding hydrogens is 230 g/mol. The van der Waals surface area contributed by atoms with Crippen molar-refractivity contribution in [3.63, 3.8) is 0 Å². The molecule has 1 aliphatic rings. The van der Waals surface area contributed by atoms with E-state index in [9.17, 15) is 0 Å². The summed E-state index contributed by atoms with van der Waals surface area (Å²) < 4.78 is 5.44. The minimum atomic E-state index is 0.467. The van der Waals surface area contributed by atoms with Crippen molar-refractivity contribution in [1.82, 2.24) is 5.32 Å². The van der Waals surface area contributed by atoms with Gasteiger partial charge in [-0.15, -0.1) is 11.8 Å². The van der Waals surface area contributed by atoms with Crippen LogP contribution in [0.1, 0.15) is 24.4 Å². The zero-order chi connectivity index (χ0) is 12.1. The Morgan fingerprint density at radius 2 is 1.88 bits per heavy atom. The van der Waals surface area contributed by atoms with Crippen LogP contribution in [0.2, 0.25) is 0 Å². The average Bonchev–Trinajstić information content (AvgIpc) is 2.42. The molecule has 17 heavy (non-hydrogen) atoms. The van der Waals surface area contributed by atoms with Gasteiger partial charge in [0.25, 0.3) is 0 Å². The average molecular weight is 251 g/mol. The van der Waals surface area contributed by atoms with Gasteiger partial charge in [-0.1, -0.05) is 12.1 Å². The van der Waals surface area contributed by atoms with Crippen molar-refractivity contribution in [3.8, 4) is 0 Å². The van der Waals surface area contributed by atoms with Gasteiger partial charge >= 0.3 is 0 Å². The molecule has 0 bridgehead atoms. The third kappa shape index (κ3) is 3.24. The lowest BCUT2D eigenvalue weighted by molar-refractivity contribution is 0.0546. The van der Waals surface area contributed by atoms with Gasteiger partial charge in [-0.3, -0.25) is 0 Å².